The van der Waals surface area contributed by atoms with Crippen LogP contribution in [0.25, 0.3) is 0 Å². The van der Waals surface area contributed by atoms with Crippen LogP contribution in [0.5, 0.6) is 0 Å². The van der Waals surface area contributed by atoms with E-state index in [9.17, 15) is 31.2 Å². The van der Waals surface area contributed by atoms with E-state index < -0.39 is 44.0 Å². The van der Waals surface area contributed by atoms with Crippen LogP contribution >= 0.6 is 11.6 Å². The summed E-state index contributed by atoms with van der Waals surface area (Å²) < 4.78 is 66.5. The van der Waals surface area contributed by atoms with E-state index in [1.807, 2.05) is 0 Å². The molecule has 4 rings (SSSR count). The Kier molecular flexibility index (Phi) is 5.89. The molecule has 7 nitrogen and oxygen atoms in total. The van der Waals surface area contributed by atoms with Crippen molar-refractivity contribution in [2.75, 3.05) is 4.72 Å². The summed E-state index contributed by atoms with van der Waals surface area (Å²) in [5, 5.41) is -0.0553. The average Bonchev–Trinajstić information content (AvgIpc) is 3.07. The van der Waals surface area contributed by atoms with Gasteiger partial charge in [-0.05, 0) is 61.9 Å². The van der Waals surface area contributed by atoms with Crippen LogP contribution in [0.2, 0.25) is 5.02 Å². The minimum absolute atomic E-state index is 0.0553. The van der Waals surface area contributed by atoms with Gasteiger partial charge in [0.2, 0.25) is 0 Å². The molecule has 1 aliphatic heterocycles. The van der Waals surface area contributed by atoms with Crippen molar-refractivity contribution in [3.63, 3.8) is 0 Å². The number of nitrogens with zero attached hydrogens (tertiary/aromatic N) is 2. The van der Waals surface area contributed by atoms with Gasteiger partial charge in [-0.15, -0.1) is 0 Å². The van der Waals surface area contributed by atoms with Crippen LogP contribution in [0.4, 0.5) is 18.9 Å². The summed E-state index contributed by atoms with van der Waals surface area (Å²) in [5.74, 6) is -1.51. The molecule has 1 N–H and O–H groups in total. The lowest BCUT2D eigenvalue weighted by atomic mass is 9.94. The smallest absolute Gasteiger partial charge is 0.279 e. The van der Waals surface area contributed by atoms with Crippen LogP contribution in [0.1, 0.15) is 45.7 Å². The molecular weight excluding hydrogens is 507 g/mol. The Balaban J connectivity index is 1.74. The summed E-state index contributed by atoms with van der Waals surface area (Å²) >= 11 is 6.22. The van der Waals surface area contributed by atoms with Crippen LogP contribution in [-0.4, -0.2) is 30.1 Å². The molecular formula is C23H17ClF3N3O4S. The van der Waals surface area contributed by atoms with Crippen molar-refractivity contribution in [3.05, 3.63) is 88.2 Å². The summed E-state index contributed by atoms with van der Waals surface area (Å²) in [7, 11) is -4.41. The number of halogens is 4. The Labute approximate surface area is 203 Å². The average molecular weight is 524 g/mol. The normalized spacial score (nSPS) is 14.3. The fourth-order valence-corrected chi connectivity index (χ4v) is 5.11. The Hall–Kier alpha value is -3.44. The van der Waals surface area contributed by atoms with Crippen molar-refractivity contribution in [3.8, 4) is 0 Å². The molecule has 0 spiro atoms. The maximum atomic E-state index is 13.4. The van der Waals surface area contributed by atoms with Gasteiger partial charge in [0.1, 0.15) is 0 Å². The molecule has 12 heteroatoms. The number of benzene rings is 2. The first-order valence-corrected chi connectivity index (χ1v) is 11.9. The second-order valence-electron chi connectivity index (χ2n) is 8.22. The van der Waals surface area contributed by atoms with Crippen LogP contribution in [-0.2, 0) is 21.7 Å². The van der Waals surface area contributed by atoms with Gasteiger partial charge < -0.3 is 0 Å². The monoisotopic (exact) mass is 523 g/mol. The lowest BCUT2D eigenvalue weighted by molar-refractivity contribution is -0.137. The number of imide groups is 1. The molecule has 0 atom stereocenters. The second kappa shape index (κ2) is 8.35. The summed E-state index contributed by atoms with van der Waals surface area (Å²) in [6.45, 7) is 3.26. The summed E-state index contributed by atoms with van der Waals surface area (Å²) in [6, 6.07) is 8.67. The summed E-state index contributed by atoms with van der Waals surface area (Å²) in [6.07, 6.45) is -1.60. The van der Waals surface area contributed by atoms with Gasteiger partial charge in [-0.25, -0.2) is 8.42 Å². The summed E-state index contributed by atoms with van der Waals surface area (Å²) in [5.41, 5.74) is -2.28. The highest BCUT2D eigenvalue weighted by Crippen LogP contribution is 2.41. The maximum absolute atomic E-state index is 13.4. The number of sulfonamides is 1. The van der Waals surface area contributed by atoms with Gasteiger partial charge in [-0.3, -0.25) is 24.2 Å². The summed E-state index contributed by atoms with van der Waals surface area (Å²) in [4.78, 5) is 31.3. The van der Waals surface area contributed by atoms with Gasteiger partial charge in [-0.2, -0.15) is 13.2 Å². The zero-order chi connectivity index (χ0) is 25.8. The largest absolute Gasteiger partial charge is 0.416 e. The third-order valence-corrected chi connectivity index (χ3v) is 7.35. The van der Waals surface area contributed by atoms with Crippen molar-refractivity contribution in [2.45, 2.75) is 30.5 Å². The zero-order valence-corrected chi connectivity index (χ0v) is 19.8. The number of anilines is 1. The number of hydrogen-bond donors (Lipinski definition) is 1. The van der Waals surface area contributed by atoms with E-state index in [2.05, 4.69) is 9.71 Å². The van der Waals surface area contributed by atoms with E-state index in [1.165, 1.54) is 24.5 Å². The van der Waals surface area contributed by atoms with Crippen molar-refractivity contribution < 1.29 is 31.2 Å². The number of pyridine rings is 1. The van der Waals surface area contributed by atoms with Gasteiger partial charge >= 0.3 is 6.18 Å². The number of amides is 2. The van der Waals surface area contributed by atoms with Gasteiger partial charge in [0.05, 0.1) is 37.8 Å². The Morgan fingerprint density at radius 3 is 2.11 bits per heavy atom. The Morgan fingerprint density at radius 2 is 1.54 bits per heavy atom. The first kappa shape index (κ1) is 24.7. The molecule has 35 heavy (non-hydrogen) atoms. The predicted octanol–water partition coefficient (Wildman–Crippen LogP) is 5.09. The van der Waals surface area contributed by atoms with E-state index in [4.69, 9.17) is 11.6 Å². The van der Waals surface area contributed by atoms with Gasteiger partial charge in [-0.1, -0.05) is 17.7 Å². The van der Waals surface area contributed by atoms with Crippen molar-refractivity contribution in [1.29, 1.82) is 0 Å². The van der Waals surface area contributed by atoms with Gasteiger partial charge in [0.25, 0.3) is 21.8 Å². The molecule has 0 saturated carbocycles. The van der Waals surface area contributed by atoms with Crippen molar-refractivity contribution >= 4 is 39.1 Å². The highest BCUT2D eigenvalue weighted by molar-refractivity contribution is 7.92. The highest BCUT2D eigenvalue weighted by Gasteiger charge is 2.47. The third-order valence-electron chi connectivity index (χ3n) is 5.65. The molecule has 0 fully saturated rings. The minimum Gasteiger partial charge on any atom is -0.279 e. The molecule has 1 aromatic heterocycles. The van der Waals surface area contributed by atoms with E-state index in [1.54, 1.807) is 26.0 Å². The van der Waals surface area contributed by atoms with Crippen LogP contribution in [0.3, 0.4) is 0 Å². The number of alkyl halides is 3. The lowest BCUT2D eigenvalue weighted by Crippen LogP contribution is -2.45. The SMILES string of the molecule is CC(C)(c1cccnc1)N1C(=O)c2c(Cl)ccc(NS(=O)(=O)c3ccc(C(F)(F)F)cc3)c2C1=O. The van der Waals surface area contributed by atoms with E-state index in [-0.39, 0.29) is 21.8 Å². The molecule has 0 unspecified atom stereocenters. The standard InChI is InChI=1S/C23H17ClF3N3O4S/c1-22(2,14-4-3-11-28-12-14)30-20(31)18-16(24)9-10-17(19(18)21(30)32)29-35(33,34)15-7-5-13(6-8-15)23(25,26)27/h3-12,29H,1-2H3. The van der Waals surface area contributed by atoms with Crippen molar-refractivity contribution in [1.82, 2.24) is 9.88 Å². The quantitative estimate of drug-likeness (QED) is 0.470. The molecule has 182 valence electrons. The van der Waals surface area contributed by atoms with Crippen LogP contribution < -0.4 is 4.72 Å². The molecule has 0 aliphatic carbocycles. The molecule has 1 aliphatic rings. The third kappa shape index (κ3) is 4.25. The topological polar surface area (TPSA) is 96.4 Å². The van der Waals surface area contributed by atoms with Crippen molar-refractivity contribution in [2.24, 2.45) is 0 Å². The van der Waals surface area contributed by atoms with Gasteiger partial charge in [0.15, 0.2) is 0 Å². The number of fused-ring (bicyclic) bond motifs is 1. The molecule has 0 saturated heterocycles. The minimum atomic E-state index is -4.63. The number of rotatable bonds is 5. The van der Waals surface area contributed by atoms with E-state index in [0.717, 1.165) is 17.0 Å². The maximum Gasteiger partial charge on any atom is 0.416 e. The first-order valence-electron chi connectivity index (χ1n) is 10.1. The molecule has 2 amide bonds. The molecule has 2 heterocycles. The Morgan fingerprint density at radius 1 is 0.914 bits per heavy atom. The number of carbonyl (C=O) groups excluding carboxylic acids is 2. The molecule has 0 radical (unpaired) electrons. The number of aromatic nitrogens is 1. The zero-order valence-electron chi connectivity index (χ0n) is 18.2. The fourth-order valence-electron chi connectivity index (χ4n) is 3.80. The highest BCUT2D eigenvalue weighted by atomic mass is 35.5. The lowest BCUT2D eigenvalue weighted by Gasteiger charge is -2.34. The number of carbonyl (C=O) groups is 2. The van der Waals surface area contributed by atoms with Crippen LogP contribution in [0, 0.1) is 0 Å². The molecule has 3 aromatic rings. The van der Waals surface area contributed by atoms with E-state index in [0.29, 0.717) is 17.7 Å². The number of nitrogens with one attached hydrogen (secondary N) is 1. The second-order valence-corrected chi connectivity index (χ2v) is 10.3. The Bertz CT molecular complexity index is 1440. The molecule has 2 aromatic carbocycles. The van der Waals surface area contributed by atoms with Gasteiger partial charge in [0, 0.05) is 12.4 Å². The first-order chi connectivity index (χ1) is 16.2. The predicted molar refractivity (Wildman–Crippen MR) is 121 cm³/mol. The van der Waals surface area contributed by atoms with E-state index >= 15 is 0 Å². The molecule has 0 bridgehead atoms. The fraction of sp³-hybridized carbons (Fsp3) is 0.174. The van der Waals surface area contributed by atoms with Crippen LogP contribution in [0.15, 0.2) is 65.8 Å². The number of hydrogen-bond acceptors (Lipinski definition) is 5.